The van der Waals surface area contributed by atoms with Gasteiger partial charge in [0.25, 0.3) is 0 Å². The summed E-state index contributed by atoms with van der Waals surface area (Å²) in [6.45, 7) is 9.74. The second-order valence-corrected chi connectivity index (χ2v) is 5.21. The number of aryl methyl sites for hydroxylation is 4. The Labute approximate surface area is 119 Å². The predicted octanol–water partition coefficient (Wildman–Crippen LogP) is 4.09. The number of hydrogen-bond acceptors (Lipinski definition) is 2. The number of hydrogen-bond donors (Lipinski definition) is 1. The second kappa shape index (κ2) is 5.66. The molecule has 1 aromatic carbocycles. The number of rotatable bonds is 4. The van der Waals surface area contributed by atoms with Crippen molar-refractivity contribution in [2.24, 2.45) is 0 Å². The fourth-order valence-corrected chi connectivity index (χ4v) is 2.35. The fourth-order valence-electron chi connectivity index (χ4n) is 2.14. The van der Waals surface area contributed by atoms with E-state index in [1.807, 2.05) is 11.6 Å². The molecule has 1 aromatic heterocycles. The van der Waals surface area contributed by atoms with E-state index in [1.165, 1.54) is 11.1 Å². The zero-order chi connectivity index (χ0) is 14.0. The van der Waals surface area contributed by atoms with E-state index >= 15 is 0 Å². The third-order valence-corrected chi connectivity index (χ3v) is 3.78. The van der Waals surface area contributed by atoms with Gasteiger partial charge in [0.05, 0.1) is 23.0 Å². The molecule has 0 atom stereocenters. The zero-order valence-electron chi connectivity index (χ0n) is 11.9. The quantitative estimate of drug-likeness (QED) is 0.912. The Morgan fingerprint density at radius 2 is 2.00 bits per heavy atom. The second-order valence-electron chi connectivity index (χ2n) is 4.83. The Morgan fingerprint density at radius 3 is 2.68 bits per heavy atom. The van der Waals surface area contributed by atoms with Gasteiger partial charge in [0.15, 0.2) is 0 Å². The number of halogens is 1. The average molecular weight is 278 g/mol. The molecule has 4 heteroatoms. The van der Waals surface area contributed by atoms with Gasteiger partial charge in [0.2, 0.25) is 0 Å². The maximum atomic E-state index is 6.31. The van der Waals surface area contributed by atoms with Gasteiger partial charge < -0.3 is 5.32 Å². The first-order valence-electron chi connectivity index (χ1n) is 6.55. The smallest absolute Gasteiger partial charge is 0.0865 e. The van der Waals surface area contributed by atoms with Crippen molar-refractivity contribution in [2.75, 3.05) is 5.32 Å². The molecule has 0 aliphatic carbocycles. The lowest BCUT2D eigenvalue weighted by Crippen LogP contribution is -2.09. The third-order valence-electron chi connectivity index (χ3n) is 3.29. The van der Waals surface area contributed by atoms with Crippen molar-refractivity contribution in [3.05, 3.63) is 45.7 Å². The van der Waals surface area contributed by atoms with Gasteiger partial charge in [0.1, 0.15) is 0 Å². The maximum Gasteiger partial charge on any atom is 0.0865 e. The standard InChI is InChI=1S/C15H20ClN3/c1-5-19-14(15(16)12(4)18-19)9-17-13-8-10(2)6-7-11(13)3/h6-8,17H,5,9H2,1-4H3. The summed E-state index contributed by atoms with van der Waals surface area (Å²) in [6.07, 6.45) is 0. The Kier molecular flexibility index (Phi) is 4.15. The van der Waals surface area contributed by atoms with Crippen LogP contribution in [0.3, 0.4) is 0 Å². The van der Waals surface area contributed by atoms with Crippen LogP contribution < -0.4 is 5.32 Å². The molecule has 0 amide bonds. The van der Waals surface area contributed by atoms with Crippen LogP contribution in [0.25, 0.3) is 0 Å². The Bertz CT molecular complexity index is 587. The minimum absolute atomic E-state index is 0.692. The minimum Gasteiger partial charge on any atom is -0.379 e. The monoisotopic (exact) mass is 277 g/mol. The summed E-state index contributed by atoms with van der Waals surface area (Å²) in [6, 6.07) is 6.40. The Morgan fingerprint density at radius 1 is 1.26 bits per heavy atom. The molecule has 2 aromatic rings. The first-order chi connectivity index (χ1) is 9.02. The normalized spacial score (nSPS) is 10.8. The molecule has 0 aliphatic heterocycles. The Hall–Kier alpha value is -1.48. The topological polar surface area (TPSA) is 29.9 Å². The van der Waals surface area contributed by atoms with Gasteiger partial charge in [-0.25, -0.2) is 0 Å². The van der Waals surface area contributed by atoms with Gasteiger partial charge >= 0.3 is 0 Å². The first kappa shape index (κ1) is 13.9. The number of nitrogens with one attached hydrogen (secondary N) is 1. The van der Waals surface area contributed by atoms with E-state index in [1.54, 1.807) is 0 Å². The molecular weight excluding hydrogens is 258 g/mol. The highest BCUT2D eigenvalue weighted by Gasteiger charge is 2.12. The summed E-state index contributed by atoms with van der Waals surface area (Å²) in [5.74, 6) is 0. The van der Waals surface area contributed by atoms with Gasteiger partial charge in [-0.05, 0) is 44.9 Å². The number of nitrogens with zero attached hydrogens (tertiary/aromatic N) is 2. The summed E-state index contributed by atoms with van der Waals surface area (Å²) in [5, 5.41) is 8.64. The number of aromatic nitrogens is 2. The molecule has 1 N–H and O–H groups in total. The van der Waals surface area contributed by atoms with Crippen LogP contribution in [0.5, 0.6) is 0 Å². The van der Waals surface area contributed by atoms with Crippen molar-refractivity contribution < 1.29 is 0 Å². The van der Waals surface area contributed by atoms with E-state index in [9.17, 15) is 0 Å². The molecule has 102 valence electrons. The molecule has 0 unspecified atom stereocenters. The minimum atomic E-state index is 0.692. The van der Waals surface area contributed by atoms with E-state index in [0.29, 0.717) is 6.54 Å². The van der Waals surface area contributed by atoms with Crippen molar-refractivity contribution in [3.63, 3.8) is 0 Å². The van der Waals surface area contributed by atoms with Gasteiger partial charge in [0, 0.05) is 12.2 Å². The predicted molar refractivity (Wildman–Crippen MR) is 80.9 cm³/mol. The zero-order valence-corrected chi connectivity index (χ0v) is 12.7. The molecule has 0 saturated carbocycles. The molecule has 0 saturated heterocycles. The molecule has 1 heterocycles. The lowest BCUT2D eigenvalue weighted by atomic mass is 10.1. The highest BCUT2D eigenvalue weighted by atomic mass is 35.5. The number of anilines is 1. The molecule has 2 rings (SSSR count). The van der Waals surface area contributed by atoms with Crippen LogP contribution in [0.2, 0.25) is 5.02 Å². The van der Waals surface area contributed by atoms with Crippen molar-refractivity contribution in [2.45, 2.75) is 40.8 Å². The van der Waals surface area contributed by atoms with Crippen LogP contribution in [-0.2, 0) is 13.1 Å². The molecular formula is C15H20ClN3. The molecule has 0 aliphatic rings. The van der Waals surface area contributed by atoms with Crippen molar-refractivity contribution >= 4 is 17.3 Å². The van der Waals surface area contributed by atoms with E-state index in [0.717, 1.165) is 28.6 Å². The van der Waals surface area contributed by atoms with Crippen LogP contribution in [0.1, 0.15) is 29.4 Å². The SMILES string of the molecule is CCn1nc(C)c(Cl)c1CNc1cc(C)ccc1C. The fraction of sp³-hybridized carbons (Fsp3) is 0.400. The highest BCUT2D eigenvalue weighted by Crippen LogP contribution is 2.23. The van der Waals surface area contributed by atoms with E-state index < -0.39 is 0 Å². The van der Waals surface area contributed by atoms with E-state index in [-0.39, 0.29) is 0 Å². The van der Waals surface area contributed by atoms with Crippen molar-refractivity contribution in [1.29, 1.82) is 0 Å². The van der Waals surface area contributed by atoms with E-state index in [4.69, 9.17) is 11.6 Å². The van der Waals surface area contributed by atoms with Gasteiger partial charge in [-0.3, -0.25) is 4.68 Å². The average Bonchev–Trinajstić information content (AvgIpc) is 2.66. The van der Waals surface area contributed by atoms with E-state index in [2.05, 4.69) is 49.4 Å². The van der Waals surface area contributed by atoms with Crippen LogP contribution >= 0.6 is 11.6 Å². The van der Waals surface area contributed by atoms with Crippen LogP contribution in [0.4, 0.5) is 5.69 Å². The van der Waals surface area contributed by atoms with Gasteiger partial charge in [-0.15, -0.1) is 0 Å². The molecule has 0 bridgehead atoms. The molecule has 19 heavy (non-hydrogen) atoms. The Balaban J connectivity index is 2.21. The van der Waals surface area contributed by atoms with Crippen LogP contribution in [0, 0.1) is 20.8 Å². The summed E-state index contributed by atoms with van der Waals surface area (Å²) in [4.78, 5) is 0. The first-order valence-corrected chi connectivity index (χ1v) is 6.93. The molecule has 3 nitrogen and oxygen atoms in total. The summed E-state index contributed by atoms with van der Waals surface area (Å²) >= 11 is 6.31. The van der Waals surface area contributed by atoms with Gasteiger partial charge in [-0.2, -0.15) is 5.10 Å². The summed E-state index contributed by atoms with van der Waals surface area (Å²) in [7, 11) is 0. The molecule has 0 spiro atoms. The van der Waals surface area contributed by atoms with Gasteiger partial charge in [-0.1, -0.05) is 23.7 Å². The largest absolute Gasteiger partial charge is 0.379 e. The van der Waals surface area contributed by atoms with Crippen molar-refractivity contribution in [3.8, 4) is 0 Å². The highest BCUT2D eigenvalue weighted by molar-refractivity contribution is 6.31. The van der Waals surface area contributed by atoms with Crippen LogP contribution in [0.15, 0.2) is 18.2 Å². The lowest BCUT2D eigenvalue weighted by Gasteiger charge is -2.11. The molecule has 0 radical (unpaired) electrons. The third kappa shape index (κ3) is 2.92. The lowest BCUT2D eigenvalue weighted by molar-refractivity contribution is 0.623. The summed E-state index contributed by atoms with van der Waals surface area (Å²) in [5.41, 5.74) is 5.57. The molecule has 0 fully saturated rings. The maximum absolute atomic E-state index is 6.31. The van der Waals surface area contributed by atoms with Crippen LogP contribution in [-0.4, -0.2) is 9.78 Å². The summed E-state index contributed by atoms with van der Waals surface area (Å²) < 4.78 is 1.95. The number of benzene rings is 1. The van der Waals surface area contributed by atoms with Crippen molar-refractivity contribution in [1.82, 2.24) is 9.78 Å².